The molecule has 0 aliphatic carbocycles. The molecule has 9 heteroatoms. The maximum Gasteiger partial charge on any atom is 0.339 e. The van der Waals surface area contributed by atoms with Crippen LogP contribution in [0.4, 0.5) is 5.69 Å². The first-order valence-electron chi connectivity index (χ1n) is 8.93. The monoisotopic (exact) mass is 442 g/mol. The number of carboxylic acids is 1. The summed E-state index contributed by atoms with van der Waals surface area (Å²) in [6.07, 6.45) is 1.75. The Bertz CT molecular complexity index is 1060. The van der Waals surface area contributed by atoms with Crippen LogP contribution in [0.3, 0.4) is 0 Å². The van der Waals surface area contributed by atoms with Crippen molar-refractivity contribution in [3.05, 3.63) is 64.1 Å². The molecule has 1 fully saturated rings. The van der Waals surface area contributed by atoms with E-state index in [0.717, 1.165) is 11.1 Å². The van der Waals surface area contributed by atoms with E-state index in [-0.39, 0.29) is 30.1 Å². The van der Waals surface area contributed by atoms with Gasteiger partial charge in [-0.05, 0) is 36.8 Å². The lowest BCUT2D eigenvalue weighted by Gasteiger charge is -2.14. The first-order valence-corrected chi connectivity index (χ1v) is 10.2. The Hall–Kier alpha value is -3.17. The van der Waals surface area contributed by atoms with E-state index in [2.05, 4.69) is 5.32 Å². The molecule has 3 N–H and O–H groups in total. The number of carboxylic acid groups (broad SMARTS) is 1. The summed E-state index contributed by atoms with van der Waals surface area (Å²) >= 11 is 6.46. The lowest BCUT2D eigenvalue weighted by molar-refractivity contribution is -0.122. The molecule has 1 aliphatic heterocycles. The normalized spacial score (nSPS) is 15.0. The molecule has 154 valence electrons. The third kappa shape index (κ3) is 5.05. The Balaban J connectivity index is 1.61. The molecule has 0 bridgehead atoms. The van der Waals surface area contributed by atoms with Gasteiger partial charge in [-0.1, -0.05) is 53.8 Å². The fraction of sp³-hybridized carbons (Fsp3) is 0.143. The second-order valence-corrected chi connectivity index (χ2v) is 8.26. The summed E-state index contributed by atoms with van der Waals surface area (Å²) in [5, 5.41) is 21.1. The highest BCUT2D eigenvalue weighted by Crippen LogP contribution is 2.32. The molecule has 2 amide bonds. The van der Waals surface area contributed by atoms with Gasteiger partial charge in [0.05, 0.1) is 4.91 Å². The number of nitrogens with zero attached hydrogens (tertiary/aromatic N) is 1. The van der Waals surface area contributed by atoms with Gasteiger partial charge >= 0.3 is 5.97 Å². The SMILES string of the molecule is Cc1ccc(C=C2SC(=S)N(CCC(=O)Nc3ccc(O)c(C(=O)O)c3)C2=O)cc1. The van der Waals surface area contributed by atoms with Crippen LogP contribution in [0.5, 0.6) is 5.75 Å². The number of thioether (sulfide) groups is 1. The van der Waals surface area contributed by atoms with Gasteiger partial charge in [-0.25, -0.2) is 4.79 Å². The van der Waals surface area contributed by atoms with E-state index < -0.39 is 17.6 Å². The molecule has 2 aromatic rings. The highest BCUT2D eigenvalue weighted by molar-refractivity contribution is 8.26. The maximum atomic E-state index is 12.6. The van der Waals surface area contributed by atoms with Crippen molar-refractivity contribution in [1.82, 2.24) is 4.90 Å². The molecule has 7 nitrogen and oxygen atoms in total. The number of carbonyl (C=O) groups is 3. The number of hydrogen-bond donors (Lipinski definition) is 3. The largest absolute Gasteiger partial charge is 0.507 e. The number of carbonyl (C=O) groups excluding carboxylic acids is 2. The van der Waals surface area contributed by atoms with E-state index in [1.165, 1.54) is 34.9 Å². The molecular weight excluding hydrogens is 424 g/mol. The molecular formula is C21H18N2O5S2. The third-order valence-corrected chi connectivity index (χ3v) is 5.70. The van der Waals surface area contributed by atoms with Crippen molar-refractivity contribution in [1.29, 1.82) is 0 Å². The standard InChI is InChI=1S/C21H18N2O5S2/c1-12-2-4-13(5-3-12)10-17-19(26)23(21(29)30-17)9-8-18(25)22-14-6-7-16(24)15(11-14)20(27)28/h2-7,10-11,24H,8-9H2,1H3,(H,22,25)(H,27,28). The summed E-state index contributed by atoms with van der Waals surface area (Å²) in [4.78, 5) is 37.8. The molecule has 3 rings (SSSR count). The summed E-state index contributed by atoms with van der Waals surface area (Å²) in [6, 6.07) is 11.5. The Labute approximate surface area is 182 Å². The van der Waals surface area contributed by atoms with Crippen molar-refractivity contribution in [3.8, 4) is 5.75 Å². The zero-order chi connectivity index (χ0) is 21.8. The van der Waals surface area contributed by atoms with Gasteiger partial charge in [0.15, 0.2) is 0 Å². The van der Waals surface area contributed by atoms with Gasteiger partial charge in [0.25, 0.3) is 5.91 Å². The topological polar surface area (TPSA) is 107 Å². The number of hydrogen-bond acceptors (Lipinski definition) is 6. The van der Waals surface area contributed by atoms with E-state index >= 15 is 0 Å². The summed E-state index contributed by atoms with van der Waals surface area (Å²) in [5.41, 5.74) is 1.93. The summed E-state index contributed by atoms with van der Waals surface area (Å²) in [6.45, 7) is 2.08. The molecule has 0 radical (unpaired) electrons. The van der Waals surface area contributed by atoms with Crippen LogP contribution in [0.15, 0.2) is 47.4 Å². The maximum absolute atomic E-state index is 12.6. The number of aromatic carboxylic acids is 1. The molecule has 2 aromatic carbocycles. The van der Waals surface area contributed by atoms with Crippen LogP contribution in [0.25, 0.3) is 6.08 Å². The fourth-order valence-corrected chi connectivity index (χ4v) is 4.04. The zero-order valence-corrected chi connectivity index (χ0v) is 17.5. The molecule has 0 unspecified atom stereocenters. The number of phenols is 1. The van der Waals surface area contributed by atoms with Crippen molar-refractivity contribution in [2.45, 2.75) is 13.3 Å². The smallest absolute Gasteiger partial charge is 0.339 e. The number of aryl methyl sites for hydroxylation is 1. The van der Waals surface area contributed by atoms with E-state index in [9.17, 15) is 19.5 Å². The van der Waals surface area contributed by atoms with Gasteiger partial charge in [-0.3, -0.25) is 14.5 Å². The Morgan fingerprint density at radius 2 is 1.90 bits per heavy atom. The third-order valence-electron chi connectivity index (χ3n) is 4.32. The average molecular weight is 443 g/mol. The fourth-order valence-electron chi connectivity index (χ4n) is 2.73. The van der Waals surface area contributed by atoms with Gasteiger partial charge in [0.2, 0.25) is 5.91 Å². The first kappa shape index (κ1) is 21.5. The quantitative estimate of drug-likeness (QED) is 0.356. The zero-order valence-electron chi connectivity index (χ0n) is 15.9. The molecule has 1 saturated heterocycles. The van der Waals surface area contributed by atoms with Gasteiger partial charge in [-0.15, -0.1) is 0 Å². The van der Waals surface area contributed by atoms with Gasteiger partial charge < -0.3 is 15.5 Å². The number of amides is 2. The number of rotatable bonds is 6. The number of thiocarbonyl (C=S) groups is 1. The van der Waals surface area contributed by atoms with Gasteiger partial charge in [-0.2, -0.15) is 0 Å². The number of benzene rings is 2. The van der Waals surface area contributed by atoms with E-state index in [1.807, 2.05) is 31.2 Å². The second kappa shape index (κ2) is 9.10. The average Bonchev–Trinajstić information content (AvgIpc) is 2.96. The number of aromatic hydroxyl groups is 1. The summed E-state index contributed by atoms with van der Waals surface area (Å²) in [7, 11) is 0. The molecule has 1 heterocycles. The molecule has 1 aliphatic rings. The van der Waals surface area contributed by atoms with E-state index in [4.69, 9.17) is 17.3 Å². The van der Waals surface area contributed by atoms with Crippen LogP contribution in [0.2, 0.25) is 0 Å². The molecule has 0 spiro atoms. The highest BCUT2D eigenvalue weighted by atomic mass is 32.2. The molecule has 0 saturated carbocycles. The van der Waals surface area contributed by atoms with Crippen molar-refractivity contribution >= 4 is 57.8 Å². The highest BCUT2D eigenvalue weighted by Gasteiger charge is 2.32. The lowest BCUT2D eigenvalue weighted by atomic mass is 10.1. The minimum atomic E-state index is -1.30. The van der Waals surface area contributed by atoms with Gasteiger partial charge in [0.1, 0.15) is 15.6 Å². The van der Waals surface area contributed by atoms with Crippen LogP contribution in [0, 0.1) is 6.92 Å². The molecule has 30 heavy (non-hydrogen) atoms. The van der Waals surface area contributed by atoms with E-state index in [0.29, 0.717) is 9.23 Å². The van der Waals surface area contributed by atoms with Crippen LogP contribution in [0.1, 0.15) is 27.9 Å². The van der Waals surface area contributed by atoms with Crippen LogP contribution < -0.4 is 5.32 Å². The first-order chi connectivity index (χ1) is 14.2. The predicted molar refractivity (Wildman–Crippen MR) is 119 cm³/mol. The summed E-state index contributed by atoms with van der Waals surface area (Å²) < 4.78 is 0.379. The second-order valence-electron chi connectivity index (χ2n) is 6.58. The van der Waals surface area contributed by atoms with Crippen molar-refractivity contribution < 1.29 is 24.6 Å². The number of anilines is 1. The Morgan fingerprint density at radius 1 is 1.20 bits per heavy atom. The van der Waals surface area contributed by atoms with Gasteiger partial charge in [0, 0.05) is 18.7 Å². The Morgan fingerprint density at radius 3 is 2.57 bits per heavy atom. The van der Waals surface area contributed by atoms with Crippen LogP contribution in [-0.4, -0.2) is 43.8 Å². The lowest BCUT2D eigenvalue weighted by Crippen LogP contribution is -2.31. The minimum absolute atomic E-state index is 0.0203. The predicted octanol–water partition coefficient (Wildman–Crippen LogP) is 3.63. The molecule has 0 atom stereocenters. The van der Waals surface area contributed by atoms with Crippen LogP contribution >= 0.6 is 24.0 Å². The Kier molecular flexibility index (Phi) is 6.53. The van der Waals surface area contributed by atoms with E-state index in [1.54, 1.807) is 6.08 Å². The summed E-state index contributed by atoms with van der Waals surface area (Å²) in [5.74, 6) is -2.36. The minimum Gasteiger partial charge on any atom is -0.507 e. The van der Waals surface area contributed by atoms with Crippen LogP contribution in [-0.2, 0) is 9.59 Å². The van der Waals surface area contributed by atoms with Crippen molar-refractivity contribution in [2.24, 2.45) is 0 Å². The van der Waals surface area contributed by atoms with Crippen molar-refractivity contribution in [3.63, 3.8) is 0 Å². The number of nitrogens with one attached hydrogen (secondary N) is 1. The van der Waals surface area contributed by atoms with Crippen molar-refractivity contribution in [2.75, 3.05) is 11.9 Å². The molecule has 0 aromatic heterocycles.